The Morgan fingerprint density at radius 3 is 2.27 bits per heavy atom. The molecule has 0 bridgehead atoms. The highest BCUT2D eigenvalue weighted by atomic mass is 35.5. The number of carboxylic acids is 1. The molecular weight excluding hydrogens is 714 g/mol. The monoisotopic (exact) mass is 779 g/mol. The van der Waals surface area contributed by atoms with Crippen molar-refractivity contribution in [2.45, 2.75) is 152 Å². The highest BCUT2D eigenvalue weighted by molar-refractivity contribution is 6.30. The average Bonchev–Trinajstić information content (AvgIpc) is 3.39. The minimum Gasteiger partial charge on any atom is -0.481 e. The smallest absolute Gasteiger partial charge is 0.309 e. The van der Waals surface area contributed by atoms with E-state index in [-0.39, 0.29) is 64.3 Å². The van der Waals surface area contributed by atoms with E-state index in [9.17, 15) is 29.4 Å². The largest absolute Gasteiger partial charge is 0.481 e. The molecule has 0 spiro atoms. The number of amides is 1. The number of aliphatic hydroxyl groups is 1. The second-order valence-corrected chi connectivity index (χ2v) is 21.0. The number of hydrogen-bond donors (Lipinski definition) is 2. The lowest BCUT2D eigenvalue weighted by Gasteiger charge is -2.72. The van der Waals surface area contributed by atoms with Crippen molar-refractivity contribution in [3.8, 4) is 0 Å². The normalized spacial score (nSPS) is 36.0. The van der Waals surface area contributed by atoms with Crippen molar-refractivity contribution in [2.24, 2.45) is 56.2 Å². The van der Waals surface area contributed by atoms with Crippen LogP contribution in [-0.2, 0) is 30.5 Å². The van der Waals surface area contributed by atoms with Gasteiger partial charge in [-0.3, -0.25) is 19.2 Å². The predicted octanol–water partition coefficient (Wildman–Crippen LogP) is 9.44. The summed E-state index contributed by atoms with van der Waals surface area (Å²) in [4.78, 5) is 53.8. The maximum absolute atomic E-state index is 14.2. The molecule has 0 saturated heterocycles. The number of esters is 1. The maximum atomic E-state index is 14.2. The van der Waals surface area contributed by atoms with E-state index >= 15 is 0 Å². The number of ether oxygens (including phenoxy) is 1. The van der Waals surface area contributed by atoms with Gasteiger partial charge in [0, 0.05) is 42.3 Å². The molecule has 1 aromatic carbocycles. The molecule has 1 unspecified atom stereocenters. The maximum Gasteiger partial charge on any atom is 0.309 e. The third kappa shape index (κ3) is 6.71. The summed E-state index contributed by atoms with van der Waals surface area (Å²) in [6.07, 6.45) is 6.32. The molecule has 1 aromatic rings. The van der Waals surface area contributed by atoms with E-state index in [0.29, 0.717) is 36.2 Å². The van der Waals surface area contributed by atoms with Crippen LogP contribution in [-0.4, -0.2) is 57.5 Å². The summed E-state index contributed by atoms with van der Waals surface area (Å²) in [5.41, 5.74) is 0.751. The van der Waals surface area contributed by atoms with Crippen molar-refractivity contribution in [3.63, 3.8) is 0 Å². The molecule has 0 radical (unpaired) electrons. The van der Waals surface area contributed by atoms with Crippen molar-refractivity contribution in [1.82, 2.24) is 4.90 Å². The molecule has 5 aliphatic carbocycles. The highest BCUT2D eigenvalue weighted by Gasteiger charge is 2.71. The SMILES string of the molecule is CC(=O)N(Cc1cccc(Cl)c1)CC(O)[C@@]12CC[C@]3(C)[C@H](CC[C@@H]4[C@@]5(C)CC[C@H](OC(=O)CC(C)(C)C(=O)O)C(C)(C)[C@@H]5CC[C@]43C)C1=C(C(C)C)C(=O)C2. The average molecular weight is 780 g/mol. The first kappa shape index (κ1) is 41.9. The van der Waals surface area contributed by atoms with Gasteiger partial charge in [0.25, 0.3) is 0 Å². The van der Waals surface area contributed by atoms with Gasteiger partial charge in [0.05, 0.1) is 17.9 Å². The molecule has 304 valence electrons. The summed E-state index contributed by atoms with van der Waals surface area (Å²) >= 11 is 6.29. The van der Waals surface area contributed by atoms with Crippen LogP contribution in [0.3, 0.4) is 0 Å². The van der Waals surface area contributed by atoms with Gasteiger partial charge < -0.3 is 19.8 Å². The second kappa shape index (κ2) is 14.3. The Kier molecular flexibility index (Phi) is 10.9. The summed E-state index contributed by atoms with van der Waals surface area (Å²) in [6, 6.07) is 7.48. The molecule has 9 atom stereocenters. The fourth-order valence-corrected chi connectivity index (χ4v) is 13.7. The minimum absolute atomic E-state index is 0.0118. The quantitative estimate of drug-likeness (QED) is 0.227. The minimum atomic E-state index is -1.18. The van der Waals surface area contributed by atoms with Crippen molar-refractivity contribution in [3.05, 3.63) is 46.0 Å². The van der Waals surface area contributed by atoms with E-state index in [4.69, 9.17) is 16.3 Å². The number of benzene rings is 1. The number of aliphatic carboxylic acids is 1. The number of fused-ring (bicyclic) bond motifs is 7. The van der Waals surface area contributed by atoms with E-state index < -0.39 is 28.9 Å². The van der Waals surface area contributed by atoms with Crippen LogP contribution in [0, 0.1) is 56.2 Å². The molecular formula is C46H66ClNO7. The van der Waals surface area contributed by atoms with Crippen LogP contribution in [0.2, 0.25) is 5.02 Å². The van der Waals surface area contributed by atoms with Crippen LogP contribution in [0.5, 0.6) is 0 Å². The second-order valence-electron chi connectivity index (χ2n) is 20.6. The first-order valence-corrected chi connectivity index (χ1v) is 21.2. The zero-order valence-corrected chi connectivity index (χ0v) is 35.8. The Hall–Kier alpha value is -2.71. The molecule has 4 fully saturated rings. The number of halogens is 1. The lowest BCUT2D eigenvalue weighted by molar-refractivity contribution is -0.235. The molecule has 6 rings (SSSR count). The summed E-state index contributed by atoms with van der Waals surface area (Å²) < 4.78 is 6.16. The van der Waals surface area contributed by atoms with Crippen LogP contribution in [0.25, 0.3) is 0 Å². The number of carbonyl (C=O) groups excluding carboxylic acids is 3. The van der Waals surface area contributed by atoms with Gasteiger partial charge in [-0.25, -0.2) is 0 Å². The van der Waals surface area contributed by atoms with Crippen LogP contribution in [0.1, 0.15) is 139 Å². The molecule has 1 amide bonds. The van der Waals surface area contributed by atoms with Gasteiger partial charge in [-0.05, 0) is 128 Å². The number of rotatable bonds is 10. The lowest BCUT2D eigenvalue weighted by Crippen LogP contribution is -2.66. The highest BCUT2D eigenvalue weighted by Crippen LogP contribution is 2.77. The summed E-state index contributed by atoms with van der Waals surface area (Å²) in [7, 11) is 0. The molecule has 8 nitrogen and oxygen atoms in total. The molecule has 5 aliphatic rings. The standard InChI is InChI=1S/C46H66ClNO7/c1-27(2)38-32(50)23-46(35(51)26-48(28(3)49)25-29-12-11-13-30(47)22-29)21-20-44(9)31(39(38)46)14-15-34-43(8)18-17-36(55-37(52)24-41(4,5)40(53)54)42(6,7)33(43)16-19-45(34,44)10/h11-13,22,27,31,33-36,51H,14-21,23-26H2,1-10H3,(H,53,54)/t31-,33+,34-,35?,36+,43+,44-,45-,46+/m1/s1. The summed E-state index contributed by atoms with van der Waals surface area (Å²) in [5.74, 6) is -0.452. The summed E-state index contributed by atoms with van der Waals surface area (Å²) in [6.45, 7) is 21.4. The fourth-order valence-electron chi connectivity index (χ4n) is 13.5. The molecule has 0 aliphatic heterocycles. The van der Waals surface area contributed by atoms with Crippen LogP contribution < -0.4 is 0 Å². The third-order valence-electron chi connectivity index (χ3n) is 16.6. The molecule has 55 heavy (non-hydrogen) atoms. The molecule has 2 N–H and O–H groups in total. The van der Waals surface area contributed by atoms with Crippen molar-refractivity contribution in [1.29, 1.82) is 0 Å². The predicted molar refractivity (Wildman–Crippen MR) is 214 cm³/mol. The van der Waals surface area contributed by atoms with Gasteiger partial charge in [0.1, 0.15) is 6.10 Å². The van der Waals surface area contributed by atoms with Gasteiger partial charge in [-0.15, -0.1) is 0 Å². The van der Waals surface area contributed by atoms with Gasteiger partial charge in [-0.1, -0.05) is 77.8 Å². The van der Waals surface area contributed by atoms with Crippen molar-refractivity contribution in [2.75, 3.05) is 6.54 Å². The number of ketones is 1. The number of Topliss-reactive ketones (excluding diaryl/α,β-unsaturated/α-hetero) is 1. The molecule has 4 saturated carbocycles. The number of nitrogens with zero attached hydrogens (tertiary/aromatic N) is 1. The van der Waals surface area contributed by atoms with Gasteiger partial charge in [0.15, 0.2) is 5.78 Å². The van der Waals surface area contributed by atoms with E-state index in [0.717, 1.165) is 56.1 Å². The van der Waals surface area contributed by atoms with Gasteiger partial charge in [0.2, 0.25) is 5.91 Å². The van der Waals surface area contributed by atoms with Gasteiger partial charge in [-0.2, -0.15) is 0 Å². The number of aliphatic hydroxyl groups excluding tert-OH is 1. The number of allylic oxidation sites excluding steroid dienone is 1. The van der Waals surface area contributed by atoms with Crippen LogP contribution in [0.15, 0.2) is 35.4 Å². The zero-order valence-electron chi connectivity index (χ0n) is 35.0. The Morgan fingerprint density at radius 2 is 1.65 bits per heavy atom. The summed E-state index contributed by atoms with van der Waals surface area (Å²) in [5, 5.41) is 22.7. The Balaban J connectivity index is 1.29. The van der Waals surface area contributed by atoms with E-state index in [1.807, 2.05) is 24.3 Å². The number of carbonyl (C=O) groups is 4. The first-order valence-electron chi connectivity index (χ1n) is 20.8. The lowest BCUT2D eigenvalue weighted by atomic mass is 9.33. The van der Waals surface area contributed by atoms with Crippen LogP contribution in [0.4, 0.5) is 0 Å². The van der Waals surface area contributed by atoms with E-state index in [2.05, 4.69) is 48.5 Å². The van der Waals surface area contributed by atoms with Crippen molar-refractivity contribution >= 4 is 35.2 Å². The molecule has 0 aromatic heterocycles. The van der Waals surface area contributed by atoms with Gasteiger partial charge >= 0.3 is 11.9 Å². The molecule has 9 heteroatoms. The third-order valence-corrected chi connectivity index (χ3v) is 16.8. The topological polar surface area (TPSA) is 121 Å². The van der Waals surface area contributed by atoms with E-state index in [1.165, 1.54) is 5.57 Å². The number of carboxylic acid groups (broad SMARTS) is 1. The molecule has 0 heterocycles. The Labute approximate surface area is 334 Å². The zero-order chi connectivity index (χ0) is 40.7. The van der Waals surface area contributed by atoms with Crippen molar-refractivity contribution < 1.29 is 34.1 Å². The van der Waals surface area contributed by atoms with E-state index in [1.54, 1.807) is 25.7 Å². The first-order chi connectivity index (χ1) is 25.4. The Bertz CT molecular complexity index is 1770. The van der Waals surface area contributed by atoms with Crippen LogP contribution >= 0.6 is 11.6 Å². The number of hydrogen-bond acceptors (Lipinski definition) is 6. The Morgan fingerprint density at radius 1 is 0.964 bits per heavy atom. The fraction of sp³-hybridized carbons (Fsp3) is 0.739.